The molecule has 0 saturated carbocycles. The van der Waals surface area contributed by atoms with Crippen LogP contribution in [0.4, 0.5) is 0 Å². The highest BCUT2D eigenvalue weighted by Crippen LogP contribution is 2.25. The molecule has 0 aromatic carbocycles. The quantitative estimate of drug-likeness (QED) is 0.822. The van der Waals surface area contributed by atoms with Gasteiger partial charge in [-0.2, -0.15) is 11.8 Å². The first-order valence-electron chi connectivity index (χ1n) is 6.55. The summed E-state index contributed by atoms with van der Waals surface area (Å²) in [4.78, 5) is 13.5. The van der Waals surface area contributed by atoms with Gasteiger partial charge in [0.25, 0.3) is 0 Å². The summed E-state index contributed by atoms with van der Waals surface area (Å²) in [6, 6.07) is 0.391. The van der Waals surface area contributed by atoms with Gasteiger partial charge in [0.1, 0.15) is 0 Å². The van der Waals surface area contributed by atoms with Crippen LogP contribution in [0.5, 0.6) is 0 Å². The van der Waals surface area contributed by atoms with Crippen LogP contribution in [0.25, 0.3) is 0 Å². The average molecular weight is 258 g/mol. The summed E-state index contributed by atoms with van der Waals surface area (Å²) in [5.41, 5.74) is 5.31. The van der Waals surface area contributed by atoms with E-state index in [1.807, 2.05) is 11.8 Å². The standard InChI is InChI=1S/C13H26N2OS/c1-13(2,3)17-9-8-15-7-5-4-6-11(15)10-12(14)16/h11H,4-10H2,1-3H3,(H2,14,16)/t11-/m0/s1. The van der Waals surface area contributed by atoms with Crippen LogP contribution in [0.3, 0.4) is 0 Å². The smallest absolute Gasteiger partial charge is 0.218 e. The molecule has 1 atom stereocenters. The minimum Gasteiger partial charge on any atom is -0.370 e. The average Bonchev–Trinajstić information content (AvgIpc) is 2.18. The molecule has 1 rings (SSSR count). The van der Waals surface area contributed by atoms with E-state index in [4.69, 9.17) is 5.73 Å². The van der Waals surface area contributed by atoms with Crippen LogP contribution in [-0.4, -0.2) is 40.4 Å². The number of hydrogen-bond acceptors (Lipinski definition) is 3. The Balaban J connectivity index is 2.35. The molecule has 1 saturated heterocycles. The van der Waals surface area contributed by atoms with Crippen LogP contribution >= 0.6 is 11.8 Å². The van der Waals surface area contributed by atoms with Crippen molar-refractivity contribution in [2.45, 2.75) is 57.2 Å². The summed E-state index contributed by atoms with van der Waals surface area (Å²) in [6.07, 6.45) is 4.15. The van der Waals surface area contributed by atoms with Crippen molar-refractivity contribution >= 4 is 17.7 Å². The Morgan fingerprint density at radius 1 is 1.41 bits per heavy atom. The van der Waals surface area contributed by atoms with Gasteiger partial charge in [0.2, 0.25) is 5.91 Å². The van der Waals surface area contributed by atoms with Crippen LogP contribution in [0.2, 0.25) is 0 Å². The topological polar surface area (TPSA) is 46.3 Å². The minimum absolute atomic E-state index is 0.162. The lowest BCUT2D eigenvalue weighted by molar-refractivity contribution is -0.119. The summed E-state index contributed by atoms with van der Waals surface area (Å²) in [7, 11) is 0. The molecule has 4 heteroatoms. The summed E-state index contributed by atoms with van der Waals surface area (Å²) in [5.74, 6) is 0.976. The van der Waals surface area contributed by atoms with Gasteiger partial charge in [-0.25, -0.2) is 0 Å². The van der Waals surface area contributed by atoms with E-state index in [9.17, 15) is 4.79 Å². The fraction of sp³-hybridized carbons (Fsp3) is 0.923. The number of nitrogens with zero attached hydrogens (tertiary/aromatic N) is 1. The highest BCUT2D eigenvalue weighted by atomic mass is 32.2. The predicted molar refractivity (Wildman–Crippen MR) is 75.2 cm³/mol. The fourth-order valence-electron chi connectivity index (χ4n) is 2.29. The van der Waals surface area contributed by atoms with Gasteiger partial charge in [-0.05, 0) is 19.4 Å². The molecule has 1 amide bonds. The zero-order chi connectivity index (χ0) is 12.9. The van der Waals surface area contributed by atoms with Gasteiger partial charge >= 0.3 is 0 Å². The third-order valence-electron chi connectivity index (χ3n) is 3.10. The normalized spacial score (nSPS) is 22.6. The number of rotatable bonds is 5. The monoisotopic (exact) mass is 258 g/mol. The zero-order valence-electron chi connectivity index (χ0n) is 11.4. The SMILES string of the molecule is CC(C)(C)SCCN1CCCC[C@H]1CC(N)=O. The number of thioether (sulfide) groups is 1. The minimum atomic E-state index is -0.162. The van der Waals surface area contributed by atoms with Gasteiger partial charge in [0.15, 0.2) is 0 Å². The van der Waals surface area contributed by atoms with Gasteiger partial charge < -0.3 is 5.73 Å². The molecule has 0 aromatic rings. The first kappa shape index (κ1) is 14.8. The Kier molecular flexibility index (Phi) is 5.80. The molecule has 1 aliphatic heterocycles. The first-order valence-corrected chi connectivity index (χ1v) is 7.53. The van der Waals surface area contributed by atoms with Gasteiger partial charge in [-0.1, -0.05) is 27.2 Å². The molecular formula is C13H26N2OS. The van der Waals surface area contributed by atoms with Gasteiger partial charge in [-0.3, -0.25) is 9.69 Å². The number of nitrogens with two attached hydrogens (primary N) is 1. The van der Waals surface area contributed by atoms with Crippen molar-refractivity contribution in [3.8, 4) is 0 Å². The molecule has 0 unspecified atom stereocenters. The van der Waals surface area contributed by atoms with Crippen LogP contribution in [0.1, 0.15) is 46.5 Å². The van der Waals surface area contributed by atoms with E-state index in [-0.39, 0.29) is 5.91 Å². The number of piperidine rings is 1. The van der Waals surface area contributed by atoms with E-state index in [0.29, 0.717) is 17.2 Å². The molecule has 1 aliphatic rings. The molecular weight excluding hydrogens is 232 g/mol. The maximum Gasteiger partial charge on any atom is 0.218 e. The molecule has 0 aliphatic carbocycles. The van der Waals surface area contributed by atoms with Gasteiger partial charge in [0, 0.05) is 29.5 Å². The largest absolute Gasteiger partial charge is 0.370 e. The number of likely N-dealkylation sites (tertiary alicyclic amines) is 1. The molecule has 100 valence electrons. The highest BCUT2D eigenvalue weighted by molar-refractivity contribution is 8.00. The van der Waals surface area contributed by atoms with E-state index in [1.165, 1.54) is 12.8 Å². The third-order valence-corrected chi connectivity index (χ3v) is 4.35. The van der Waals surface area contributed by atoms with Crippen LogP contribution in [-0.2, 0) is 4.79 Å². The maximum atomic E-state index is 11.0. The predicted octanol–water partition coefficient (Wildman–Crippen LogP) is 2.25. The maximum absolute atomic E-state index is 11.0. The first-order chi connectivity index (χ1) is 7.88. The van der Waals surface area contributed by atoms with E-state index in [0.717, 1.165) is 25.3 Å². The molecule has 0 aromatic heterocycles. The summed E-state index contributed by atoms with van der Waals surface area (Å²) >= 11 is 1.99. The molecule has 17 heavy (non-hydrogen) atoms. The van der Waals surface area contributed by atoms with Crippen molar-refractivity contribution in [1.29, 1.82) is 0 Å². The van der Waals surface area contributed by atoms with E-state index >= 15 is 0 Å². The van der Waals surface area contributed by atoms with Crippen molar-refractivity contribution in [3.05, 3.63) is 0 Å². The van der Waals surface area contributed by atoms with Crippen molar-refractivity contribution in [2.75, 3.05) is 18.8 Å². The van der Waals surface area contributed by atoms with Crippen molar-refractivity contribution in [1.82, 2.24) is 4.90 Å². The van der Waals surface area contributed by atoms with Crippen molar-refractivity contribution in [2.24, 2.45) is 5.73 Å². The van der Waals surface area contributed by atoms with Gasteiger partial charge in [0.05, 0.1) is 0 Å². The third kappa shape index (κ3) is 6.32. The second kappa shape index (κ2) is 6.64. The number of carbonyl (C=O) groups is 1. The molecule has 1 fully saturated rings. The zero-order valence-corrected chi connectivity index (χ0v) is 12.2. The molecule has 0 radical (unpaired) electrons. The van der Waals surface area contributed by atoms with Crippen LogP contribution in [0, 0.1) is 0 Å². The van der Waals surface area contributed by atoms with Crippen LogP contribution < -0.4 is 5.73 Å². The van der Waals surface area contributed by atoms with E-state index < -0.39 is 0 Å². The lowest BCUT2D eigenvalue weighted by Gasteiger charge is -2.35. The Morgan fingerprint density at radius 2 is 2.12 bits per heavy atom. The summed E-state index contributed by atoms with van der Waals surface area (Å²) in [6.45, 7) is 8.95. The highest BCUT2D eigenvalue weighted by Gasteiger charge is 2.23. The Morgan fingerprint density at radius 3 is 2.71 bits per heavy atom. The fourth-order valence-corrected chi connectivity index (χ4v) is 3.23. The lowest BCUT2D eigenvalue weighted by Crippen LogP contribution is -2.43. The second-order valence-corrected chi connectivity index (χ2v) is 7.74. The van der Waals surface area contributed by atoms with E-state index in [1.54, 1.807) is 0 Å². The number of hydrogen-bond donors (Lipinski definition) is 1. The Bertz CT molecular complexity index is 250. The molecule has 0 spiro atoms. The molecule has 1 heterocycles. The van der Waals surface area contributed by atoms with Crippen molar-refractivity contribution in [3.63, 3.8) is 0 Å². The Labute approximate surface area is 109 Å². The van der Waals surface area contributed by atoms with Crippen LogP contribution in [0.15, 0.2) is 0 Å². The molecule has 3 nitrogen and oxygen atoms in total. The number of amides is 1. The lowest BCUT2D eigenvalue weighted by atomic mass is 9.99. The number of primary amides is 1. The Hall–Kier alpha value is -0.220. The molecule has 0 bridgehead atoms. The summed E-state index contributed by atoms with van der Waals surface area (Å²) < 4.78 is 0.328. The van der Waals surface area contributed by atoms with Gasteiger partial charge in [-0.15, -0.1) is 0 Å². The molecule has 2 N–H and O–H groups in total. The van der Waals surface area contributed by atoms with Crippen molar-refractivity contribution < 1.29 is 4.79 Å². The summed E-state index contributed by atoms with van der Waals surface area (Å²) in [5, 5.41) is 0. The second-order valence-electron chi connectivity index (χ2n) is 5.82. The van der Waals surface area contributed by atoms with E-state index in [2.05, 4.69) is 25.7 Å². The number of carbonyl (C=O) groups excluding carboxylic acids is 1.